The average Bonchev–Trinajstić information content (AvgIpc) is 2.63. The van der Waals surface area contributed by atoms with Crippen molar-refractivity contribution in [1.29, 1.82) is 0 Å². The Labute approximate surface area is 158 Å². The Hall–Kier alpha value is -2.28. The molecule has 2 aromatic rings. The zero-order valence-corrected chi connectivity index (χ0v) is 16.9. The van der Waals surface area contributed by atoms with Crippen LogP contribution in [0.15, 0.2) is 23.4 Å². The van der Waals surface area contributed by atoms with Gasteiger partial charge in [0.05, 0.1) is 26.0 Å². The predicted molar refractivity (Wildman–Crippen MR) is 103 cm³/mol. The lowest BCUT2D eigenvalue weighted by atomic mass is 10.1. The lowest BCUT2D eigenvalue weighted by Gasteiger charge is -2.18. The maximum absolute atomic E-state index is 12.3. The quantitative estimate of drug-likeness (QED) is 0.591. The molecular weight excluding hydrogens is 350 g/mol. The molecule has 1 aromatic carbocycles. The highest BCUT2D eigenvalue weighted by Crippen LogP contribution is 2.29. The second kappa shape index (κ2) is 8.89. The summed E-state index contributed by atoms with van der Waals surface area (Å²) in [6.07, 6.45) is 0. The first-order valence-electron chi connectivity index (χ1n) is 8.31. The zero-order chi connectivity index (χ0) is 19.3. The van der Waals surface area contributed by atoms with Crippen molar-refractivity contribution < 1.29 is 14.3 Å². The number of carbonyl (C=O) groups is 1. The number of methoxy groups -OCH3 is 2. The van der Waals surface area contributed by atoms with Crippen molar-refractivity contribution in [2.24, 2.45) is 0 Å². The van der Waals surface area contributed by atoms with Crippen molar-refractivity contribution in [2.45, 2.75) is 38.9 Å². The number of ether oxygens (including phenoxy) is 2. The molecular formula is C19H25N3O3S. The largest absolute Gasteiger partial charge is 0.497 e. The molecule has 0 bridgehead atoms. The highest BCUT2D eigenvalue weighted by atomic mass is 32.2. The molecule has 1 N–H and O–H groups in total. The zero-order valence-electron chi connectivity index (χ0n) is 16.0. The van der Waals surface area contributed by atoms with Gasteiger partial charge in [-0.15, -0.1) is 0 Å². The second-order valence-corrected chi connectivity index (χ2v) is 6.93. The van der Waals surface area contributed by atoms with Gasteiger partial charge in [0.1, 0.15) is 11.5 Å². The molecule has 6 nitrogen and oxygen atoms in total. The van der Waals surface area contributed by atoms with Crippen LogP contribution in [-0.4, -0.2) is 35.8 Å². The van der Waals surface area contributed by atoms with Crippen molar-refractivity contribution >= 4 is 17.7 Å². The van der Waals surface area contributed by atoms with Gasteiger partial charge in [-0.3, -0.25) is 4.79 Å². The van der Waals surface area contributed by atoms with Crippen LogP contribution >= 0.6 is 11.8 Å². The smallest absolute Gasteiger partial charge is 0.230 e. The van der Waals surface area contributed by atoms with Gasteiger partial charge in [-0.1, -0.05) is 11.8 Å². The Morgan fingerprint density at radius 2 is 1.81 bits per heavy atom. The molecule has 0 aliphatic heterocycles. The summed E-state index contributed by atoms with van der Waals surface area (Å²) in [6.45, 7) is 7.81. The first-order valence-corrected chi connectivity index (χ1v) is 9.30. The molecule has 0 unspecified atom stereocenters. The fraction of sp³-hybridized carbons (Fsp3) is 0.421. The molecule has 140 valence electrons. The van der Waals surface area contributed by atoms with Crippen LogP contribution in [0.25, 0.3) is 0 Å². The van der Waals surface area contributed by atoms with Gasteiger partial charge in [0.15, 0.2) is 5.16 Å². The molecule has 1 aromatic heterocycles. The third kappa shape index (κ3) is 4.88. The Morgan fingerprint density at radius 3 is 2.38 bits per heavy atom. The third-order valence-corrected chi connectivity index (χ3v) is 5.07. The molecule has 0 fully saturated rings. The maximum Gasteiger partial charge on any atom is 0.230 e. The Balaban J connectivity index is 2.01. The van der Waals surface area contributed by atoms with Crippen molar-refractivity contribution in [3.05, 3.63) is 40.7 Å². The topological polar surface area (TPSA) is 73.3 Å². The number of thioether (sulfide) groups is 1. The molecule has 7 heteroatoms. The number of hydrogen-bond donors (Lipinski definition) is 1. The first kappa shape index (κ1) is 20.0. The molecule has 1 amide bonds. The van der Waals surface area contributed by atoms with Gasteiger partial charge in [-0.2, -0.15) is 0 Å². The molecule has 0 saturated carbocycles. The van der Waals surface area contributed by atoms with Gasteiger partial charge in [-0.05, 0) is 51.5 Å². The molecule has 2 rings (SSSR count). The minimum atomic E-state index is -0.212. The SMILES string of the molecule is COc1ccc(OC)c([C@H](C)NC(=O)CSc2nc(C)c(C)c(C)n2)c1. The Bertz CT molecular complexity index is 773. The van der Waals surface area contributed by atoms with Gasteiger partial charge in [-0.25, -0.2) is 9.97 Å². The minimum Gasteiger partial charge on any atom is -0.497 e. The summed E-state index contributed by atoms with van der Waals surface area (Å²) in [4.78, 5) is 21.2. The van der Waals surface area contributed by atoms with E-state index in [0.717, 1.165) is 28.3 Å². The monoisotopic (exact) mass is 375 g/mol. The molecule has 1 heterocycles. The third-order valence-electron chi connectivity index (χ3n) is 4.23. The number of carbonyl (C=O) groups excluding carboxylic acids is 1. The number of hydrogen-bond acceptors (Lipinski definition) is 6. The fourth-order valence-electron chi connectivity index (χ4n) is 2.47. The van der Waals surface area contributed by atoms with E-state index in [9.17, 15) is 4.79 Å². The van der Waals surface area contributed by atoms with E-state index >= 15 is 0 Å². The summed E-state index contributed by atoms with van der Waals surface area (Å²) in [7, 11) is 3.21. The van der Waals surface area contributed by atoms with Gasteiger partial charge < -0.3 is 14.8 Å². The Morgan fingerprint density at radius 1 is 1.15 bits per heavy atom. The van der Waals surface area contributed by atoms with Crippen LogP contribution in [-0.2, 0) is 4.79 Å². The van der Waals surface area contributed by atoms with Crippen LogP contribution in [0.2, 0.25) is 0 Å². The molecule has 0 radical (unpaired) electrons. The van der Waals surface area contributed by atoms with Crippen LogP contribution < -0.4 is 14.8 Å². The van der Waals surface area contributed by atoms with E-state index < -0.39 is 0 Å². The average molecular weight is 375 g/mol. The van der Waals surface area contributed by atoms with Crippen molar-refractivity contribution in [3.8, 4) is 11.5 Å². The van der Waals surface area contributed by atoms with E-state index in [1.165, 1.54) is 11.8 Å². The molecule has 26 heavy (non-hydrogen) atoms. The number of aromatic nitrogens is 2. The van der Waals surface area contributed by atoms with Crippen LogP contribution in [0, 0.1) is 20.8 Å². The summed E-state index contributed by atoms with van der Waals surface area (Å²) in [6, 6.07) is 5.31. The minimum absolute atomic E-state index is 0.0909. The lowest BCUT2D eigenvalue weighted by molar-refractivity contribution is -0.119. The number of rotatable bonds is 7. The van der Waals surface area contributed by atoms with E-state index in [2.05, 4.69) is 15.3 Å². The predicted octanol–water partition coefficient (Wildman–Crippen LogP) is 3.39. The number of nitrogens with zero attached hydrogens (tertiary/aromatic N) is 2. The number of benzene rings is 1. The molecule has 0 aliphatic rings. The van der Waals surface area contributed by atoms with E-state index in [1.54, 1.807) is 14.2 Å². The van der Waals surface area contributed by atoms with Gasteiger partial charge in [0.2, 0.25) is 5.91 Å². The van der Waals surface area contributed by atoms with Crippen LogP contribution in [0.5, 0.6) is 11.5 Å². The van der Waals surface area contributed by atoms with E-state index in [4.69, 9.17) is 9.47 Å². The highest BCUT2D eigenvalue weighted by molar-refractivity contribution is 7.99. The highest BCUT2D eigenvalue weighted by Gasteiger charge is 2.16. The van der Waals surface area contributed by atoms with Gasteiger partial charge >= 0.3 is 0 Å². The number of aryl methyl sites for hydroxylation is 2. The summed E-state index contributed by atoms with van der Waals surface area (Å²) >= 11 is 1.33. The van der Waals surface area contributed by atoms with Crippen molar-refractivity contribution in [1.82, 2.24) is 15.3 Å². The van der Waals surface area contributed by atoms with Crippen molar-refractivity contribution in [3.63, 3.8) is 0 Å². The van der Waals surface area contributed by atoms with Crippen LogP contribution in [0.3, 0.4) is 0 Å². The normalized spacial score (nSPS) is 11.8. The summed E-state index contributed by atoms with van der Waals surface area (Å²) in [5, 5.41) is 3.60. The molecule has 0 saturated heterocycles. The van der Waals surface area contributed by atoms with Crippen molar-refractivity contribution in [2.75, 3.05) is 20.0 Å². The first-order chi connectivity index (χ1) is 12.3. The maximum atomic E-state index is 12.3. The van der Waals surface area contributed by atoms with E-state index in [0.29, 0.717) is 10.9 Å². The number of amides is 1. The van der Waals surface area contributed by atoms with Gasteiger partial charge in [0.25, 0.3) is 0 Å². The van der Waals surface area contributed by atoms with Gasteiger partial charge in [0, 0.05) is 17.0 Å². The standard InChI is InChI=1S/C19H25N3O3S/c1-11-12(2)21-19(22-13(11)3)26-10-18(23)20-14(4)16-9-15(24-5)7-8-17(16)25-6/h7-9,14H,10H2,1-6H3,(H,20,23)/t14-/m0/s1. The fourth-order valence-corrected chi connectivity index (χ4v) is 3.22. The van der Waals surface area contributed by atoms with E-state index in [-0.39, 0.29) is 17.7 Å². The summed E-state index contributed by atoms with van der Waals surface area (Å²) in [5.41, 5.74) is 3.82. The lowest BCUT2D eigenvalue weighted by Crippen LogP contribution is -2.28. The second-order valence-electron chi connectivity index (χ2n) is 5.99. The summed E-state index contributed by atoms with van der Waals surface area (Å²) in [5.74, 6) is 1.58. The molecule has 1 atom stereocenters. The molecule has 0 aliphatic carbocycles. The summed E-state index contributed by atoms with van der Waals surface area (Å²) < 4.78 is 10.6. The molecule has 0 spiro atoms. The number of nitrogens with one attached hydrogen (secondary N) is 1. The Kier molecular flexibility index (Phi) is 6.85. The van der Waals surface area contributed by atoms with Crippen LogP contribution in [0.4, 0.5) is 0 Å². The van der Waals surface area contributed by atoms with E-state index in [1.807, 2.05) is 45.9 Å². The van der Waals surface area contributed by atoms with Crippen LogP contribution in [0.1, 0.15) is 35.5 Å².